The maximum absolute atomic E-state index is 12.6. The molecule has 0 aliphatic carbocycles. The van der Waals surface area contributed by atoms with E-state index in [4.69, 9.17) is 4.42 Å². The van der Waals surface area contributed by atoms with E-state index in [-0.39, 0.29) is 11.7 Å². The summed E-state index contributed by atoms with van der Waals surface area (Å²) in [6.45, 7) is 2.04. The van der Waals surface area contributed by atoms with Crippen molar-refractivity contribution < 1.29 is 9.21 Å². The summed E-state index contributed by atoms with van der Waals surface area (Å²) in [4.78, 5) is 12.6. The number of aryl methyl sites for hydroxylation is 1. The number of amides is 1. The third-order valence-corrected chi connectivity index (χ3v) is 5.46. The van der Waals surface area contributed by atoms with Crippen molar-refractivity contribution in [3.8, 4) is 0 Å². The molecule has 0 bridgehead atoms. The second-order valence-electron chi connectivity index (χ2n) is 7.08. The van der Waals surface area contributed by atoms with E-state index in [1.54, 1.807) is 12.3 Å². The zero-order chi connectivity index (χ0) is 20.0. The van der Waals surface area contributed by atoms with Gasteiger partial charge in [0.05, 0.1) is 6.21 Å². The molecule has 1 N–H and O–H groups in total. The molecule has 5 aromatic rings. The molecule has 5 heteroatoms. The molecule has 0 aliphatic heterocycles. The average molecular weight is 381 g/mol. The molecule has 142 valence electrons. The van der Waals surface area contributed by atoms with Crippen LogP contribution in [-0.4, -0.2) is 16.7 Å². The lowest BCUT2D eigenvalue weighted by molar-refractivity contribution is 0.0929. The Labute approximate surface area is 167 Å². The maximum atomic E-state index is 12.6. The molecule has 2 heterocycles. The van der Waals surface area contributed by atoms with Crippen molar-refractivity contribution in [2.45, 2.75) is 6.92 Å². The van der Waals surface area contributed by atoms with Crippen molar-refractivity contribution in [3.63, 3.8) is 0 Å². The number of hydrogen-bond donors (Lipinski definition) is 1. The Bertz CT molecular complexity index is 1420. The summed E-state index contributed by atoms with van der Waals surface area (Å²) < 4.78 is 7.86. The Balaban J connectivity index is 1.44. The fourth-order valence-corrected chi connectivity index (χ4v) is 3.83. The first-order chi connectivity index (χ1) is 14.1. The smallest absolute Gasteiger partial charge is 0.307 e. The van der Waals surface area contributed by atoms with Crippen LogP contribution in [-0.2, 0) is 7.05 Å². The predicted molar refractivity (Wildman–Crippen MR) is 116 cm³/mol. The number of aromatic nitrogens is 1. The van der Waals surface area contributed by atoms with Gasteiger partial charge in [0.25, 0.3) is 0 Å². The molecule has 5 nitrogen and oxygen atoms in total. The molecule has 0 spiro atoms. The van der Waals surface area contributed by atoms with Crippen molar-refractivity contribution in [2.24, 2.45) is 12.1 Å². The molecule has 0 unspecified atom stereocenters. The second kappa shape index (κ2) is 6.63. The Morgan fingerprint density at radius 2 is 1.76 bits per heavy atom. The normalized spacial score (nSPS) is 11.8. The summed E-state index contributed by atoms with van der Waals surface area (Å²) >= 11 is 0. The van der Waals surface area contributed by atoms with Gasteiger partial charge in [0.1, 0.15) is 5.58 Å². The number of hydrogen-bond acceptors (Lipinski definition) is 3. The summed E-state index contributed by atoms with van der Waals surface area (Å²) in [5.41, 5.74) is 6.46. The summed E-state index contributed by atoms with van der Waals surface area (Å²) in [6, 6.07) is 21.8. The van der Waals surface area contributed by atoms with Gasteiger partial charge in [-0.05, 0) is 35.9 Å². The Hall–Kier alpha value is -3.86. The van der Waals surface area contributed by atoms with E-state index < -0.39 is 0 Å². The number of benzene rings is 3. The lowest BCUT2D eigenvalue weighted by atomic mass is 10.1. The molecule has 0 fully saturated rings. The van der Waals surface area contributed by atoms with Gasteiger partial charge < -0.3 is 8.98 Å². The van der Waals surface area contributed by atoms with Crippen LogP contribution in [0.4, 0.5) is 0 Å². The van der Waals surface area contributed by atoms with Crippen LogP contribution in [0.3, 0.4) is 0 Å². The Kier molecular flexibility index (Phi) is 3.95. The van der Waals surface area contributed by atoms with E-state index in [2.05, 4.69) is 27.2 Å². The van der Waals surface area contributed by atoms with Crippen LogP contribution in [0.2, 0.25) is 0 Å². The molecule has 0 atom stereocenters. The highest BCUT2D eigenvalue weighted by Crippen LogP contribution is 2.28. The molecule has 0 saturated carbocycles. The van der Waals surface area contributed by atoms with E-state index in [0.29, 0.717) is 5.58 Å². The monoisotopic (exact) mass is 381 g/mol. The summed E-state index contributed by atoms with van der Waals surface area (Å²) in [5.74, 6) is -0.137. The van der Waals surface area contributed by atoms with Gasteiger partial charge in [-0.2, -0.15) is 5.10 Å². The number of carbonyl (C=O) groups excluding carboxylic acids is 1. The van der Waals surface area contributed by atoms with Crippen LogP contribution >= 0.6 is 0 Å². The summed E-state index contributed by atoms with van der Waals surface area (Å²) in [5, 5.41) is 8.36. The number of nitrogens with zero attached hydrogens (tertiary/aromatic N) is 2. The van der Waals surface area contributed by atoms with Gasteiger partial charge in [-0.25, -0.2) is 5.43 Å². The molecule has 3 aromatic carbocycles. The zero-order valence-corrected chi connectivity index (χ0v) is 16.1. The van der Waals surface area contributed by atoms with E-state index in [1.165, 1.54) is 0 Å². The predicted octanol–water partition coefficient (Wildman–Crippen LogP) is 5.15. The topological polar surface area (TPSA) is 59.5 Å². The SMILES string of the molecule is Cc1c(/C=N\NC(=O)c2cc3c(ccc4ccccc43)o2)c2ccccc2n1C. The Morgan fingerprint density at radius 3 is 2.62 bits per heavy atom. The number of nitrogens with one attached hydrogen (secondary N) is 1. The van der Waals surface area contributed by atoms with Gasteiger partial charge >= 0.3 is 5.91 Å². The number of rotatable bonds is 3. The van der Waals surface area contributed by atoms with Gasteiger partial charge in [-0.1, -0.05) is 48.5 Å². The zero-order valence-electron chi connectivity index (χ0n) is 16.1. The molecule has 5 rings (SSSR count). The lowest BCUT2D eigenvalue weighted by Crippen LogP contribution is -2.16. The van der Waals surface area contributed by atoms with Crippen LogP contribution in [0, 0.1) is 6.92 Å². The average Bonchev–Trinajstić information content (AvgIpc) is 3.29. The van der Waals surface area contributed by atoms with Crippen LogP contribution in [0.1, 0.15) is 21.8 Å². The van der Waals surface area contributed by atoms with E-state index in [1.807, 2.05) is 62.5 Å². The van der Waals surface area contributed by atoms with E-state index in [9.17, 15) is 4.79 Å². The van der Waals surface area contributed by atoms with E-state index >= 15 is 0 Å². The molecule has 29 heavy (non-hydrogen) atoms. The minimum Gasteiger partial charge on any atom is -0.451 e. The molecule has 0 aliphatic rings. The van der Waals surface area contributed by atoms with Crippen LogP contribution in [0.5, 0.6) is 0 Å². The van der Waals surface area contributed by atoms with Gasteiger partial charge in [-0.3, -0.25) is 4.79 Å². The fraction of sp³-hybridized carbons (Fsp3) is 0.0833. The van der Waals surface area contributed by atoms with Gasteiger partial charge in [0.2, 0.25) is 0 Å². The third-order valence-electron chi connectivity index (χ3n) is 5.46. The first kappa shape index (κ1) is 17.3. The first-order valence-electron chi connectivity index (χ1n) is 9.42. The largest absolute Gasteiger partial charge is 0.451 e. The molecule has 1 amide bonds. The van der Waals surface area contributed by atoms with Crippen LogP contribution < -0.4 is 5.43 Å². The standard InChI is InChI=1S/C24H19N3O2/c1-15-20(18-9-5-6-10-21(18)27(15)2)14-25-26-24(28)23-13-19-17-8-4-3-7-16(17)11-12-22(19)29-23/h3-14H,1-2H3,(H,26,28)/b25-14-. The lowest BCUT2D eigenvalue weighted by Gasteiger charge is -1.98. The Morgan fingerprint density at radius 1 is 1.00 bits per heavy atom. The van der Waals surface area contributed by atoms with Gasteiger partial charge in [-0.15, -0.1) is 0 Å². The van der Waals surface area contributed by atoms with Crippen molar-refractivity contribution in [1.29, 1.82) is 0 Å². The van der Waals surface area contributed by atoms with E-state index in [0.717, 1.165) is 38.3 Å². The highest BCUT2D eigenvalue weighted by atomic mass is 16.3. The summed E-state index contributed by atoms with van der Waals surface area (Å²) in [6.07, 6.45) is 1.69. The number of hydrazone groups is 1. The number of para-hydroxylation sites is 1. The van der Waals surface area contributed by atoms with Gasteiger partial charge in [0, 0.05) is 34.6 Å². The molecular weight excluding hydrogens is 362 g/mol. The highest BCUT2D eigenvalue weighted by Gasteiger charge is 2.14. The fourth-order valence-electron chi connectivity index (χ4n) is 3.83. The maximum Gasteiger partial charge on any atom is 0.307 e. The van der Waals surface area contributed by atoms with Crippen LogP contribution in [0.15, 0.2) is 76.2 Å². The minimum absolute atomic E-state index is 0.239. The highest BCUT2D eigenvalue weighted by molar-refractivity contribution is 6.08. The van der Waals surface area contributed by atoms with Crippen molar-refractivity contribution >= 4 is 44.8 Å². The number of carbonyl (C=O) groups is 1. The van der Waals surface area contributed by atoms with Crippen molar-refractivity contribution in [1.82, 2.24) is 9.99 Å². The molecule has 2 aromatic heterocycles. The van der Waals surface area contributed by atoms with Crippen molar-refractivity contribution in [3.05, 3.63) is 83.7 Å². The quantitative estimate of drug-likeness (QED) is 0.347. The van der Waals surface area contributed by atoms with Crippen molar-refractivity contribution in [2.75, 3.05) is 0 Å². The summed E-state index contributed by atoms with van der Waals surface area (Å²) in [7, 11) is 2.02. The second-order valence-corrected chi connectivity index (χ2v) is 7.08. The first-order valence-corrected chi connectivity index (χ1v) is 9.42. The minimum atomic E-state index is -0.376. The third kappa shape index (κ3) is 2.79. The number of furan rings is 1. The molecule has 0 radical (unpaired) electrons. The van der Waals surface area contributed by atoms with Gasteiger partial charge in [0.15, 0.2) is 5.76 Å². The molecule has 0 saturated heterocycles. The molecular formula is C24H19N3O2. The number of fused-ring (bicyclic) bond motifs is 4. The van der Waals surface area contributed by atoms with Crippen LogP contribution in [0.25, 0.3) is 32.6 Å².